The number of thiol groups is 1. The fraction of sp³-hybridized carbons (Fsp3) is 0. The molecule has 0 fully saturated rings. The normalized spacial score (nSPS) is 10.6. The highest BCUT2D eigenvalue weighted by Gasteiger charge is 2.05. The van der Waals surface area contributed by atoms with E-state index in [-0.39, 0.29) is 10.5 Å². The van der Waals surface area contributed by atoms with Crippen LogP contribution in [0.4, 0.5) is 0 Å². The van der Waals surface area contributed by atoms with Crippen LogP contribution in [0.2, 0.25) is 0 Å². The predicted octanol–water partition coefficient (Wildman–Crippen LogP) is 3.81. The van der Waals surface area contributed by atoms with E-state index < -0.39 is 16.7 Å². The van der Waals surface area contributed by atoms with Crippen molar-refractivity contribution in [3.05, 3.63) is 78.4 Å². The zero-order valence-corrected chi connectivity index (χ0v) is 13.9. The van der Waals surface area contributed by atoms with Crippen LogP contribution in [0.25, 0.3) is 11.1 Å². The molecule has 0 spiro atoms. The summed E-state index contributed by atoms with van der Waals surface area (Å²) in [6.45, 7) is 0. The second kappa shape index (κ2) is 7.19. The Hall–Kier alpha value is -3.12. The van der Waals surface area contributed by atoms with Gasteiger partial charge in [-0.25, -0.2) is 13.2 Å². The second-order valence-corrected chi connectivity index (χ2v) is 6.29. The lowest BCUT2D eigenvalue weighted by atomic mass is 10.1. The Kier molecular flexibility index (Phi) is 4.81. The van der Waals surface area contributed by atoms with Crippen LogP contribution in [-0.2, 0) is 10.7 Å². The van der Waals surface area contributed by atoms with Gasteiger partial charge in [-0.3, -0.25) is 0 Å². The van der Waals surface area contributed by atoms with Gasteiger partial charge in [-0.15, -0.1) is 0 Å². The molecule has 0 aliphatic rings. The lowest BCUT2D eigenvalue weighted by molar-refractivity contribution is 0.0696. The fourth-order valence-corrected chi connectivity index (χ4v) is 2.71. The number of hydrogen-bond acceptors (Lipinski definition) is 4. The molecule has 3 aromatic carbocycles. The maximum absolute atomic E-state index is 11.0. The quantitative estimate of drug-likeness (QED) is 0.681. The van der Waals surface area contributed by atoms with Crippen molar-refractivity contribution in [3.63, 3.8) is 0 Å². The summed E-state index contributed by atoms with van der Waals surface area (Å²) in [6, 6.07) is 20.1. The summed E-state index contributed by atoms with van der Waals surface area (Å²) >= 11 is 0. The van der Waals surface area contributed by atoms with Crippen LogP contribution >= 0.6 is 0 Å². The highest BCUT2D eigenvalue weighted by atomic mass is 32.2. The molecule has 0 atom stereocenters. The Morgan fingerprint density at radius 1 is 0.800 bits per heavy atom. The highest BCUT2D eigenvalue weighted by Crippen LogP contribution is 2.26. The average Bonchev–Trinajstić information content (AvgIpc) is 2.63. The van der Waals surface area contributed by atoms with E-state index in [0.29, 0.717) is 11.5 Å². The van der Waals surface area contributed by atoms with Gasteiger partial charge in [-0.1, -0.05) is 30.3 Å². The topological polar surface area (TPSA) is 80.7 Å². The van der Waals surface area contributed by atoms with E-state index in [1.807, 2.05) is 12.1 Å². The first-order valence-electron chi connectivity index (χ1n) is 7.39. The lowest BCUT2D eigenvalue weighted by Crippen LogP contribution is -1.96. The molecule has 0 unspecified atom stereocenters. The Labute approximate surface area is 146 Å². The molecule has 5 nitrogen and oxygen atoms in total. The molecule has 25 heavy (non-hydrogen) atoms. The number of carboxylic acids is 1. The van der Waals surface area contributed by atoms with E-state index >= 15 is 0 Å². The molecule has 126 valence electrons. The molecule has 0 saturated carbocycles. The Morgan fingerprint density at radius 3 is 1.96 bits per heavy atom. The zero-order chi connectivity index (χ0) is 17.8. The molecule has 0 aromatic heterocycles. The SMILES string of the molecule is O=C(O)c1cccc(Oc2ccc(-c3ccc([SH](=O)=O)cc3)cc2)c1. The van der Waals surface area contributed by atoms with E-state index in [9.17, 15) is 13.2 Å². The molecule has 0 bridgehead atoms. The first kappa shape index (κ1) is 16.7. The van der Waals surface area contributed by atoms with Crippen molar-refractivity contribution >= 4 is 16.7 Å². The Bertz CT molecular complexity index is 965. The number of ether oxygens (including phenoxy) is 1. The van der Waals surface area contributed by atoms with Crippen LogP contribution in [0.15, 0.2) is 77.7 Å². The van der Waals surface area contributed by atoms with Gasteiger partial charge in [0.25, 0.3) is 0 Å². The summed E-state index contributed by atoms with van der Waals surface area (Å²) in [5, 5.41) is 9.00. The van der Waals surface area contributed by atoms with Gasteiger partial charge in [-0.2, -0.15) is 0 Å². The van der Waals surface area contributed by atoms with Gasteiger partial charge in [0.1, 0.15) is 11.5 Å². The summed E-state index contributed by atoms with van der Waals surface area (Å²) in [6.07, 6.45) is 0. The summed E-state index contributed by atoms with van der Waals surface area (Å²) in [5.41, 5.74) is 1.96. The third-order valence-corrected chi connectivity index (χ3v) is 4.30. The molecule has 3 rings (SSSR count). The smallest absolute Gasteiger partial charge is 0.335 e. The Balaban J connectivity index is 1.78. The minimum atomic E-state index is -2.58. The summed E-state index contributed by atoms with van der Waals surface area (Å²) in [7, 11) is -2.58. The van der Waals surface area contributed by atoms with Crippen LogP contribution in [0, 0.1) is 0 Å². The van der Waals surface area contributed by atoms with Gasteiger partial charge < -0.3 is 9.84 Å². The molecule has 0 amide bonds. The van der Waals surface area contributed by atoms with Crippen LogP contribution in [-0.4, -0.2) is 19.5 Å². The van der Waals surface area contributed by atoms with Crippen LogP contribution < -0.4 is 4.74 Å². The van der Waals surface area contributed by atoms with Crippen LogP contribution in [0.5, 0.6) is 11.5 Å². The first-order valence-corrected chi connectivity index (χ1v) is 8.57. The molecule has 0 heterocycles. The lowest BCUT2D eigenvalue weighted by Gasteiger charge is -2.08. The van der Waals surface area contributed by atoms with Crippen molar-refractivity contribution in [1.82, 2.24) is 0 Å². The predicted molar refractivity (Wildman–Crippen MR) is 93.9 cm³/mol. The molecule has 0 saturated heterocycles. The molecular weight excluding hydrogens is 340 g/mol. The van der Waals surface area contributed by atoms with Crippen LogP contribution in [0.1, 0.15) is 10.4 Å². The van der Waals surface area contributed by atoms with Crippen molar-refractivity contribution in [3.8, 4) is 22.6 Å². The van der Waals surface area contributed by atoms with E-state index in [4.69, 9.17) is 9.84 Å². The van der Waals surface area contributed by atoms with Crippen LogP contribution in [0.3, 0.4) is 0 Å². The third kappa shape index (κ3) is 4.05. The van der Waals surface area contributed by atoms with E-state index in [1.54, 1.807) is 48.5 Å². The minimum absolute atomic E-state index is 0.158. The molecule has 6 heteroatoms. The van der Waals surface area contributed by atoms with Gasteiger partial charge in [0.15, 0.2) is 10.7 Å². The molecule has 0 radical (unpaired) electrons. The van der Waals surface area contributed by atoms with Gasteiger partial charge >= 0.3 is 5.97 Å². The maximum atomic E-state index is 11.0. The minimum Gasteiger partial charge on any atom is -0.478 e. The standard InChI is InChI=1S/C19H14O5S/c20-19(21)15-2-1-3-17(12-15)24-16-8-4-13(5-9-16)14-6-10-18(11-7-14)25(22)23/h1-12,25H,(H,20,21). The molecule has 3 aromatic rings. The largest absolute Gasteiger partial charge is 0.478 e. The molecule has 0 aliphatic heterocycles. The van der Waals surface area contributed by atoms with Gasteiger partial charge in [0.05, 0.1) is 10.5 Å². The average molecular weight is 354 g/mol. The molecular formula is C19H14O5S. The zero-order valence-electron chi connectivity index (χ0n) is 13.0. The van der Waals surface area contributed by atoms with Gasteiger partial charge in [-0.05, 0) is 53.6 Å². The monoisotopic (exact) mass is 354 g/mol. The number of carboxylic acid groups (broad SMARTS) is 1. The van der Waals surface area contributed by atoms with E-state index in [2.05, 4.69) is 0 Å². The number of hydrogen-bond donors (Lipinski definition) is 2. The number of carbonyl (C=O) groups is 1. The second-order valence-electron chi connectivity index (χ2n) is 5.26. The molecule has 0 aliphatic carbocycles. The van der Waals surface area contributed by atoms with Crippen molar-refractivity contribution in [2.75, 3.05) is 0 Å². The number of rotatable bonds is 5. The van der Waals surface area contributed by atoms with E-state index in [1.165, 1.54) is 12.1 Å². The summed E-state index contributed by atoms with van der Waals surface area (Å²) in [5.74, 6) is 0.00543. The van der Waals surface area contributed by atoms with E-state index in [0.717, 1.165) is 11.1 Å². The van der Waals surface area contributed by atoms with Crippen molar-refractivity contribution in [2.45, 2.75) is 4.90 Å². The van der Waals surface area contributed by atoms with Crippen molar-refractivity contribution in [1.29, 1.82) is 0 Å². The maximum Gasteiger partial charge on any atom is 0.335 e. The van der Waals surface area contributed by atoms with Gasteiger partial charge in [0, 0.05) is 0 Å². The van der Waals surface area contributed by atoms with Crippen molar-refractivity contribution in [2.24, 2.45) is 0 Å². The third-order valence-electron chi connectivity index (χ3n) is 3.58. The highest BCUT2D eigenvalue weighted by molar-refractivity contribution is 7.72. The van der Waals surface area contributed by atoms with Gasteiger partial charge in [0.2, 0.25) is 0 Å². The fourth-order valence-electron chi connectivity index (χ4n) is 2.32. The first-order chi connectivity index (χ1) is 12.0. The molecule has 1 N–H and O–H groups in total. The number of aromatic carboxylic acids is 1. The Morgan fingerprint density at radius 2 is 1.40 bits per heavy atom. The summed E-state index contributed by atoms with van der Waals surface area (Å²) < 4.78 is 27.5. The van der Waals surface area contributed by atoms with Crippen molar-refractivity contribution < 1.29 is 23.1 Å². The summed E-state index contributed by atoms with van der Waals surface area (Å²) in [4.78, 5) is 11.3. The number of benzene rings is 3.